The maximum atomic E-state index is 13.8. The molecule has 0 saturated carbocycles. The Morgan fingerprint density at radius 3 is 2.50 bits per heavy atom. The Hall–Kier alpha value is -1.84. The molecule has 0 fully saturated rings. The number of esters is 1. The summed E-state index contributed by atoms with van der Waals surface area (Å²) in [5, 5.41) is 0. The van der Waals surface area contributed by atoms with E-state index < -0.39 is 33.7 Å². The molecule has 1 atom stereocenters. The minimum absolute atomic E-state index is 0.00856. The highest BCUT2D eigenvalue weighted by Gasteiger charge is 2.23. The first kappa shape index (κ1) is 20.5. The van der Waals surface area contributed by atoms with Gasteiger partial charge in [0.25, 0.3) is 0 Å². The summed E-state index contributed by atoms with van der Waals surface area (Å²) in [6.07, 6.45) is 0. The Morgan fingerprint density at radius 2 is 1.92 bits per heavy atom. The second kappa shape index (κ2) is 8.24. The zero-order valence-corrected chi connectivity index (χ0v) is 16.3. The summed E-state index contributed by atoms with van der Waals surface area (Å²) in [4.78, 5) is 11.6. The second-order valence-electron chi connectivity index (χ2n) is 5.37. The fourth-order valence-electron chi connectivity index (χ4n) is 2.27. The minimum Gasteiger partial charge on any atom is -0.462 e. The molecule has 0 aliphatic heterocycles. The van der Waals surface area contributed by atoms with Crippen molar-refractivity contribution in [2.45, 2.75) is 24.8 Å². The molecule has 2 rings (SSSR count). The van der Waals surface area contributed by atoms with E-state index in [4.69, 9.17) is 4.74 Å². The number of ether oxygens (including phenoxy) is 1. The summed E-state index contributed by atoms with van der Waals surface area (Å²) in [5.74, 6) is -2.18. The van der Waals surface area contributed by atoms with Crippen LogP contribution in [0.5, 0.6) is 0 Å². The molecule has 26 heavy (non-hydrogen) atoms. The maximum absolute atomic E-state index is 13.8. The van der Waals surface area contributed by atoms with Crippen LogP contribution in [-0.2, 0) is 14.8 Å². The number of nitrogens with one attached hydrogen (secondary N) is 1. The molecule has 140 valence electrons. The van der Waals surface area contributed by atoms with Crippen LogP contribution in [0.15, 0.2) is 45.8 Å². The van der Waals surface area contributed by atoms with Crippen molar-refractivity contribution in [2.24, 2.45) is 0 Å². The summed E-state index contributed by atoms with van der Waals surface area (Å²) in [5.41, 5.74) is 0.199. The van der Waals surface area contributed by atoms with Crippen molar-refractivity contribution in [1.82, 2.24) is 4.72 Å². The van der Waals surface area contributed by atoms with Crippen LogP contribution in [0.25, 0.3) is 0 Å². The van der Waals surface area contributed by atoms with Crippen molar-refractivity contribution in [3.05, 3.63) is 63.6 Å². The number of rotatable bonds is 6. The Balaban J connectivity index is 2.28. The van der Waals surface area contributed by atoms with Crippen LogP contribution >= 0.6 is 15.9 Å². The summed E-state index contributed by atoms with van der Waals surface area (Å²) >= 11 is 3.12. The fourth-order valence-corrected chi connectivity index (χ4v) is 4.57. The van der Waals surface area contributed by atoms with Gasteiger partial charge in [-0.2, -0.15) is 0 Å². The van der Waals surface area contributed by atoms with E-state index in [2.05, 4.69) is 20.7 Å². The van der Waals surface area contributed by atoms with E-state index in [9.17, 15) is 22.0 Å². The topological polar surface area (TPSA) is 72.5 Å². The van der Waals surface area contributed by atoms with Crippen molar-refractivity contribution >= 4 is 31.9 Å². The van der Waals surface area contributed by atoms with Gasteiger partial charge in [-0.25, -0.2) is 26.7 Å². The van der Waals surface area contributed by atoms with Crippen molar-refractivity contribution in [2.75, 3.05) is 6.61 Å². The third-order valence-electron chi connectivity index (χ3n) is 3.49. The lowest BCUT2D eigenvalue weighted by Gasteiger charge is -2.16. The van der Waals surface area contributed by atoms with E-state index in [1.807, 2.05) is 0 Å². The average Bonchev–Trinajstić information content (AvgIpc) is 2.54. The fraction of sp³-hybridized carbons (Fsp3) is 0.235. The number of halogens is 3. The van der Waals surface area contributed by atoms with Crippen molar-refractivity contribution in [1.29, 1.82) is 0 Å². The molecule has 2 aromatic rings. The quantitative estimate of drug-likeness (QED) is 0.680. The highest BCUT2D eigenvalue weighted by molar-refractivity contribution is 9.10. The molecular formula is C17H16BrF2NO4S. The van der Waals surface area contributed by atoms with Crippen LogP contribution in [0.4, 0.5) is 8.78 Å². The van der Waals surface area contributed by atoms with Gasteiger partial charge in [-0.1, -0.05) is 6.07 Å². The van der Waals surface area contributed by atoms with E-state index in [1.54, 1.807) is 6.92 Å². The summed E-state index contributed by atoms with van der Waals surface area (Å²) in [6.45, 7) is 3.29. The van der Waals surface area contributed by atoms with Gasteiger partial charge in [0.05, 0.1) is 17.1 Å². The lowest BCUT2D eigenvalue weighted by molar-refractivity contribution is 0.0526. The third-order valence-corrected chi connectivity index (χ3v) is 6.01. The van der Waals surface area contributed by atoms with Crippen LogP contribution in [0.2, 0.25) is 0 Å². The molecule has 9 heteroatoms. The number of carbonyl (C=O) groups is 1. The molecule has 2 aromatic carbocycles. The number of carbonyl (C=O) groups excluding carboxylic acids is 1. The largest absolute Gasteiger partial charge is 0.462 e. The van der Waals surface area contributed by atoms with Gasteiger partial charge in [0.15, 0.2) is 0 Å². The van der Waals surface area contributed by atoms with Gasteiger partial charge in [-0.3, -0.25) is 0 Å². The second-order valence-corrected chi connectivity index (χ2v) is 7.91. The molecule has 0 saturated heterocycles. The highest BCUT2D eigenvalue weighted by atomic mass is 79.9. The van der Waals surface area contributed by atoms with E-state index in [-0.39, 0.29) is 27.1 Å². The number of hydrogen-bond donors (Lipinski definition) is 1. The third kappa shape index (κ3) is 4.66. The lowest BCUT2D eigenvalue weighted by Crippen LogP contribution is -2.28. The van der Waals surface area contributed by atoms with Gasteiger partial charge >= 0.3 is 5.97 Å². The normalized spacial score (nSPS) is 12.7. The summed E-state index contributed by atoms with van der Waals surface area (Å²) in [7, 11) is -4.03. The van der Waals surface area contributed by atoms with Crippen molar-refractivity contribution < 1.29 is 26.7 Å². The Morgan fingerprint density at radius 1 is 1.23 bits per heavy atom. The Kier molecular flexibility index (Phi) is 6.48. The summed E-state index contributed by atoms with van der Waals surface area (Å²) in [6, 6.07) is 5.87. The molecule has 0 spiro atoms. The molecule has 0 unspecified atom stereocenters. The van der Waals surface area contributed by atoms with Gasteiger partial charge in [-0.05, 0) is 54.0 Å². The van der Waals surface area contributed by atoms with Crippen LogP contribution in [0.1, 0.15) is 35.8 Å². The smallest absolute Gasteiger partial charge is 0.338 e. The van der Waals surface area contributed by atoms with Gasteiger partial charge in [0.1, 0.15) is 11.6 Å². The molecule has 0 aromatic heterocycles. The first-order valence-corrected chi connectivity index (χ1v) is 9.87. The lowest BCUT2D eigenvalue weighted by atomic mass is 10.1. The van der Waals surface area contributed by atoms with E-state index >= 15 is 0 Å². The van der Waals surface area contributed by atoms with E-state index in [0.717, 1.165) is 6.07 Å². The number of benzene rings is 2. The highest BCUT2D eigenvalue weighted by Crippen LogP contribution is 2.26. The van der Waals surface area contributed by atoms with Crippen LogP contribution in [0, 0.1) is 11.6 Å². The minimum atomic E-state index is -4.03. The molecule has 5 nitrogen and oxygen atoms in total. The van der Waals surface area contributed by atoms with Crippen molar-refractivity contribution in [3.63, 3.8) is 0 Å². The molecule has 0 aliphatic rings. The van der Waals surface area contributed by atoms with Gasteiger partial charge < -0.3 is 4.74 Å². The van der Waals surface area contributed by atoms with Crippen molar-refractivity contribution in [3.8, 4) is 0 Å². The Labute approximate surface area is 158 Å². The molecule has 0 amide bonds. The predicted octanol–water partition coefficient (Wildman–Crippen LogP) is 3.94. The monoisotopic (exact) mass is 447 g/mol. The molecule has 0 radical (unpaired) electrons. The van der Waals surface area contributed by atoms with Crippen LogP contribution in [0.3, 0.4) is 0 Å². The molecule has 1 N–H and O–H groups in total. The van der Waals surface area contributed by atoms with Gasteiger partial charge in [-0.15, -0.1) is 0 Å². The first-order chi connectivity index (χ1) is 12.2. The number of hydrogen-bond acceptors (Lipinski definition) is 4. The van der Waals surface area contributed by atoms with Gasteiger partial charge in [0, 0.05) is 22.1 Å². The van der Waals surface area contributed by atoms with E-state index in [1.165, 1.54) is 31.2 Å². The molecule has 0 heterocycles. The zero-order valence-electron chi connectivity index (χ0n) is 13.9. The predicted molar refractivity (Wildman–Crippen MR) is 95.2 cm³/mol. The zero-order chi connectivity index (χ0) is 19.5. The maximum Gasteiger partial charge on any atom is 0.338 e. The SMILES string of the molecule is CCOC(=O)c1ccc(S(=O)(=O)N[C@@H](C)c2ccc(F)cc2F)c(Br)c1. The standard InChI is InChI=1S/C17H16BrF2NO4S/c1-3-25-17(22)11-4-7-16(14(18)8-11)26(23,24)21-10(2)13-6-5-12(19)9-15(13)20/h4-10,21H,3H2,1-2H3/t10-/m0/s1. The number of sulfonamides is 1. The van der Waals surface area contributed by atoms with E-state index in [0.29, 0.717) is 6.07 Å². The molecule has 0 bridgehead atoms. The van der Waals surface area contributed by atoms with Crippen LogP contribution < -0.4 is 4.72 Å². The summed E-state index contributed by atoms with van der Waals surface area (Å²) < 4.78 is 59.3. The van der Waals surface area contributed by atoms with Gasteiger partial charge in [0.2, 0.25) is 10.0 Å². The molecule has 0 aliphatic carbocycles. The Bertz CT molecular complexity index is 934. The first-order valence-electron chi connectivity index (χ1n) is 7.59. The average molecular weight is 448 g/mol. The van der Waals surface area contributed by atoms with Crippen LogP contribution in [-0.4, -0.2) is 21.0 Å². The molecular weight excluding hydrogens is 432 g/mol.